The molecule has 0 spiro atoms. The fourth-order valence-electron chi connectivity index (χ4n) is 1.39. The third kappa shape index (κ3) is 5.56. The Kier molecular flexibility index (Phi) is 7.53. The fourth-order valence-corrected chi connectivity index (χ4v) is 1.39. The number of hydrogen-bond acceptors (Lipinski definition) is 0. The largest absolute Gasteiger partial charge is 0.247 e. The second-order valence-corrected chi connectivity index (χ2v) is 3.78. The first-order chi connectivity index (χ1) is 5.72. The van der Waals surface area contributed by atoms with Crippen molar-refractivity contribution in [2.45, 2.75) is 65.5 Å². The Balaban J connectivity index is 3.39. The minimum Gasteiger partial charge on any atom is -0.247 e. The molecule has 0 bridgehead atoms. The van der Waals surface area contributed by atoms with Gasteiger partial charge in [0.15, 0.2) is 0 Å². The van der Waals surface area contributed by atoms with E-state index in [1.807, 2.05) is 6.92 Å². The zero-order valence-electron chi connectivity index (χ0n) is 8.78. The van der Waals surface area contributed by atoms with Crippen molar-refractivity contribution in [3.8, 4) is 0 Å². The van der Waals surface area contributed by atoms with Crippen LogP contribution in [0.1, 0.15) is 59.3 Å². The van der Waals surface area contributed by atoms with Crippen molar-refractivity contribution in [1.29, 1.82) is 0 Å². The molecule has 74 valence electrons. The van der Waals surface area contributed by atoms with E-state index in [0.717, 1.165) is 25.7 Å². The second kappa shape index (κ2) is 7.57. The first kappa shape index (κ1) is 11.9. The monoisotopic (exact) mass is 174 g/mol. The summed E-state index contributed by atoms with van der Waals surface area (Å²) in [5.74, 6) is 0.275. The molecule has 0 N–H and O–H groups in total. The Hall–Kier alpha value is -0.0700. The minimum atomic E-state index is -0.559. The molecule has 0 amide bonds. The van der Waals surface area contributed by atoms with Crippen molar-refractivity contribution < 1.29 is 4.39 Å². The molecule has 0 aromatic rings. The third-order valence-corrected chi connectivity index (χ3v) is 2.46. The number of unbranched alkanes of at least 4 members (excludes halogenated alkanes) is 2. The molecule has 0 fully saturated rings. The Morgan fingerprint density at radius 3 is 2.00 bits per heavy atom. The third-order valence-electron chi connectivity index (χ3n) is 2.46. The molecular weight excluding hydrogens is 151 g/mol. The molecule has 0 nitrogen and oxygen atoms in total. The van der Waals surface area contributed by atoms with Crippen molar-refractivity contribution in [2.24, 2.45) is 5.92 Å². The van der Waals surface area contributed by atoms with Gasteiger partial charge in [-0.1, -0.05) is 46.5 Å². The Bertz CT molecular complexity index is 79.0. The second-order valence-electron chi connectivity index (χ2n) is 3.78. The molecule has 0 aliphatic heterocycles. The fraction of sp³-hybridized carbons (Fsp3) is 1.00. The van der Waals surface area contributed by atoms with Gasteiger partial charge in [0, 0.05) is 0 Å². The van der Waals surface area contributed by atoms with Crippen LogP contribution < -0.4 is 0 Å². The summed E-state index contributed by atoms with van der Waals surface area (Å²) in [6.45, 7) is 6.31. The van der Waals surface area contributed by atoms with Crippen molar-refractivity contribution in [1.82, 2.24) is 0 Å². The van der Waals surface area contributed by atoms with E-state index in [4.69, 9.17) is 0 Å². The van der Waals surface area contributed by atoms with Gasteiger partial charge in [0.2, 0.25) is 0 Å². The standard InChI is InChI=1S/C11H23F/c1-4-6-8-10(3)11(12)9-7-5-2/h10-11H,4-9H2,1-3H3. The minimum absolute atomic E-state index is 0.275. The summed E-state index contributed by atoms with van der Waals surface area (Å²) in [5.41, 5.74) is 0. The lowest BCUT2D eigenvalue weighted by atomic mass is 9.96. The molecular formula is C11H23F. The first-order valence-corrected chi connectivity index (χ1v) is 5.36. The molecule has 2 unspecified atom stereocenters. The summed E-state index contributed by atoms with van der Waals surface area (Å²) in [7, 11) is 0. The summed E-state index contributed by atoms with van der Waals surface area (Å²) >= 11 is 0. The highest BCUT2D eigenvalue weighted by Crippen LogP contribution is 2.19. The zero-order valence-corrected chi connectivity index (χ0v) is 8.78. The Morgan fingerprint density at radius 1 is 1.00 bits per heavy atom. The van der Waals surface area contributed by atoms with Gasteiger partial charge in [-0.15, -0.1) is 0 Å². The van der Waals surface area contributed by atoms with Gasteiger partial charge in [0.25, 0.3) is 0 Å². The van der Waals surface area contributed by atoms with E-state index in [1.54, 1.807) is 0 Å². The van der Waals surface area contributed by atoms with E-state index in [0.29, 0.717) is 0 Å². The van der Waals surface area contributed by atoms with Crippen LogP contribution in [0.25, 0.3) is 0 Å². The molecule has 0 aromatic carbocycles. The summed E-state index contributed by atoms with van der Waals surface area (Å²) in [6.07, 6.45) is 5.77. The predicted octanol–water partition coefficient (Wildman–Crippen LogP) is 4.34. The Labute approximate surface area is 76.6 Å². The van der Waals surface area contributed by atoms with E-state index in [1.165, 1.54) is 12.8 Å². The van der Waals surface area contributed by atoms with Gasteiger partial charge in [-0.3, -0.25) is 0 Å². The molecule has 0 saturated heterocycles. The molecule has 1 heteroatoms. The lowest BCUT2D eigenvalue weighted by Crippen LogP contribution is -2.12. The van der Waals surface area contributed by atoms with E-state index in [9.17, 15) is 4.39 Å². The molecule has 0 aromatic heterocycles. The quantitative estimate of drug-likeness (QED) is 0.538. The number of rotatable bonds is 7. The summed E-state index contributed by atoms with van der Waals surface area (Å²) in [4.78, 5) is 0. The van der Waals surface area contributed by atoms with Crippen LogP contribution in [0.15, 0.2) is 0 Å². The van der Waals surface area contributed by atoms with Gasteiger partial charge in [-0.2, -0.15) is 0 Å². The van der Waals surface area contributed by atoms with Gasteiger partial charge in [-0.25, -0.2) is 4.39 Å². The number of alkyl halides is 1. The SMILES string of the molecule is CCCCC(C)C(F)CCCC. The number of hydrogen-bond donors (Lipinski definition) is 0. The van der Waals surface area contributed by atoms with E-state index in [2.05, 4.69) is 13.8 Å². The van der Waals surface area contributed by atoms with Crippen molar-refractivity contribution >= 4 is 0 Å². The van der Waals surface area contributed by atoms with Gasteiger partial charge < -0.3 is 0 Å². The van der Waals surface area contributed by atoms with Crippen LogP contribution in [0.4, 0.5) is 4.39 Å². The summed E-state index contributed by atoms with van der Waals surface area (Å²) in [6, 6.07) is 0. The predicted molar refractivity (Wildman–Crippen MR) is 53.1 cm³/mol. The van der Waals surface area contributed by atoms with Gasteiger partial charge in [-0.05, 0) is 18.8 Å². The van der Waals surface area contributed by atoms with Crippen LogP contribution in [0.5, 0.6) is 0 Å². The van der Waals surface area contributed by atoms with Crippen LogP contribution >= 0.6 is 0 Å². The highest BCUT2D eigenvalue weighted by Gasteiger charge is 2.14. The van der Waals surface area contributed by atoms with Crippen LogP contribution in [0.2, 0.25) is 0 Å². The zero-order chi connectivity index (χ0) is 9.40. The number of halogens is 1. The summed E-state index contributed by atoms with van der Waals surface area (Å²) < 4.78 is 13.3. The lowest BCUT2D eigenvalue weighted by Gasteiger charge is -2.15. The van der Waals surface area contributed by atoms with Crippen molar-refractivity contribution in [3.63, 3.8) is 0 Å². The molecule has 12 heavy (non-hydrogen) atoms. The van der Waals surface area contributed by atoms with Gasteiger partial charge in [0.05, 0.1) is 0 Å². The summed E-state index contributed by atoms with van der Waals surface area (Å²) in [5, 5.41) is 0. The van der Waals surface area contributed by atoms with E-state index < -0.39 is 6.17 Å². The normalized spacial score (nSPS) is 16.0. The maximum absolute atomic E-state index is 13.3. The molecule has 0 rings (SSSR count). The maximum Gasteiger partial charge on any atom is 0.103 e. The van der Waals surface area contributed by atoms with Crippen molar-refractivity contribution in [3.05, 3.63) is 0 Å². The van der Waals surface area contributed by atoms with Crippen LogP contribution in [-0.2, 0) is 0 Å². The van der Waals surface area contributed by atoms with Crippen molar-refractivity contribution in [2.75, 3.05) is 0 Å². The van der Waals surface area contributed by atoms with E-state index in [-0.39, 0.29) is 5.92 Å². The van der Waals surface area contributed by atoms with Gasteiger partial charge >= 0.3 is 0 Å². The molecule has 2 atom stereocenters. The topological polar surface area (TPSA) is 0 Å². The smallest absolute Gasteiger partial charge is 0.103 e. The van der Waals surface area contributed by atoms with Gasteiger partial charge in [0.1, 0.15) is 6.17 Å². The average molecular weight is 174 g/mol. The van der Waals surface area contributed by atoms with E-state index >= 15 is 0 Å². The van der Waals surface area contributed by atoms with Crippen LogP contribution in [0.3, 0.4) is 0 Å². The first-order valence-electron chi connectivity index (χ1n) is 5.36. The van der Waals surface area contributed by atoms with Crippen LogP contribution in [0, 0.1) is 5.92 Å². The molecule has 0 heterocycles. The average Bonchev–Trinajstić information content (AvgIpc) is 2.10. The highest BCUT2D eigenvalue weighted by molar-refractivity contribution is 4.64. The maximum atomic E-state index is 13.3. The molecule has 0 saturated carbocycles. The Morgan fingerprint density at radius 2 is 1.50 bits per heavy atom. The highest BCUT2D eigenvalue weighted by atomic mass is 19.1. The molecule has 0 aliphatic rings. The molecule has 0 aliphatic carbocycles. The lowest BCUT2D eigenvalue weighted by molar-refractivity contribution is 0.211. The molecule has 0 radical (unpaired) electrons. The van der Waals surface area contributed by atoms with Crippen LogP contribution in [-0.4, -0.2) is 6.17 Å².